The molecule has 0 aliphatic carbocycles. The largest absolute Gasteiger partial charge is 0.308 e. The molecule has 1 aromatic carbocycles. The molecule has 0 saturated heterocycles. The Hall–Kier alpha value is -1.44. The van der Waals surface area contributed by atoms with Gasteiger partial charge in [-0.1, -0.05) is 19.1 Å². The van der Waals surface area contributed by atoms with Crippen LogP contribution >= 0.6 is 0 Å². The Morgan fingerprint density at radius 3 is 2.69 bits per heavy atom. The lowest BCUT2D eigenvalue weighted by molar-refractivity contribution is 0.101. The Balaban J connectivity index is 3.23. The first-order valence-corrected chi connectivity index (χ1v) is 4.33. The fraction of sp³-hybridized carbons (Fsp3) is 0.273. The van der Waals surface area contributed by atoms with Gasteiger partial charge < -0.3 is 5.41 Å². The van der Waals surface area contributed by atoms with Crippen LogP contribution < -0.4 is 0 Å². The monoisotopic (exact) mass is 175 g/mol. The first-order valence-electron chi connectivity index (χ1n) is 4.33. The fourth-order valence-electron chi connectivity index (χ4n) is 1.34. The van der Waals surface area contributed by atoms with Gasteiger partial charge in [0.25, 0.3) is 0 Å². The highest BCUT2D eigenvalue weighted by atomic mass is 16.1. The van der Waals surface area contributed by atoms with Crippen LogP contribution in [0.15, 0.2) is 18.2 Å². The summed E-state index contributed by atoms with van der Waals surface area (Å²) in [5.74, 6) is 0.0911. The fourth-order valence-corrected chi connectivity index (χ4v) is 1.34. The zero-order valence-corrected chi connectivity index (χ0v) is 7.92. The summed E-state index contributed by atoms with van der Waals surface area (Å²) in [5, 5.41) is 7.08. The second-order valence-corrected chi connectivity index (χ2v) is 2.97. The Morgan fingerprint density at radius 2 is 2.23 bits per heavy atom. The van der Waals surface area contributed by atoms with Gasteiger partial charge in [0.2, 0.25) is 0 Å². The molecule has 0 bridgehead atoms. The molecule has 0 aromatic heterocycles. The van der Waals surface area contributed by atoms with E-state index in [4.69, 9.17) is 5.41 Å². The van der Waals surface area contributed by atoms with Gasteiger partial charge in [-0.3, -0.25) is 4.79 Å². The summed E-state index contributed by atoms with van der Waals surface area (Å²) >= 11 is 0. The second kappa shape index (κ2) is 3.99. The Morgan fingerprint density at radius 1 is 1.54 bits per heavy atom. The van der Waals surface area contributed by atoms with Crippen LogP contribution in [0.2, 0.25) is 0 Å². The highest BCUT2D eigenvalue weighted by Gasteiger charge is 2.05. The van der Waals surface area contributed by atoms with Crippen LogP contribution in [0, 0.1) is 5.41 Å². The Bertz CT molecular complexity index is 342. The van der Waals surface area contributed by atoms with Gasteiger partial charge >= 0.3 is 0 Å². The van der Waals surface area contributed by atoms with E-state index in [1.54, 1.807) is 19.1 Å². The third kappa shape index (κ3) is 2.02. The van der Waals surface area contributed by atoms with Crippen molar-refractivity contribution in [3.05, 3.63) is 34.9 Å². The van der Waals surface area contributed by atoms with E-state index in [9.17, 15) is 4.79 Å². The van der Waals surface area contributed by atoms with E-state index in [0.29, 0.717) is 0 Å². The number of Topliss-reactive ketones (excluding diaryl/α,β-unsaturated/α-hetero) is 1. The standard InChI is InChI=1S/C11H13NO/c1-3-10-6-9(7-12)4-5-11(10)8(2)13/h4-7,12H,3H2,1-2H3. The molecule has 0 radical (unpaired) electrons. The van der Waals surface area contributed by atoms with E-state index < -0.39 is 0 Å². The molecule has 0 fully saturated rings. The van der Waals surface area contributed by atoms with Crippen LogP contribution in [-0.2, 0) is 6.42 Å². The number of carbonyl (C=O) groups excluding carboxylic acids is 1. The highest BCUT2D eigenvalue weighted by Crippen LogP contribution is 2.12. The SMILES string of the molecule is CCc1cc(C=N)ccc1C(C)=O. The predicted molar refractivity (Wildman–Crippen MR) is 53.7 cm³/mol. The molecule has 68 valence electrons. The zero-order valence-electron chi connectivity index (χ0n) is 7.92. The molecule has 0 atom stereocenters. The Kier molecular flexibility index (Phi) is 2.96. The number of ketones is 1. The van der Waals surface area contributed by atoms with Crippen molar-refractivity contribution in [2.24, 2.45) is 0 Å². The lowest BCUT2D eigenvalue weighted by atomic mass is 10.00. The van der Waals surface area contributed by atoms with Gasteiger partial charge in [-0.05, 0) is 30.5 Å². The van der Waals surface area contributed by atoms with Crippen molar-refractivity contribution in [1.29, 1.82) is 5.41 Å². The molecule has 0 amide bonds. The average molecular weight is 175 g/mol. The van der Waals surface area contributed by atoms with Crippen molar-refractivity contribution in [3.8, 4) is 0 Å². The molecule has 0 aliphatic heterocycles. The lowest BCUT2D eigenvalue weighted by Crippen LogP contribution is -1.99. The van der Waals surface area contributed by atoms with Crippen LogP contribution in [0.3, 0.4) is 0 Å². The van der Waals surface area contributed by atoms with Crippen molar-refractivity contribution in [1.82, 2.24) is 0 Å². The van der Waals surface area contributed by atoms with Gasteiger partial charge in [0.15, 0.2) is 5.78 Å². The topological polar surface area (TPSA) is 40.9 Å². The van der Waals surface area contributed by atoms with Crippen LogP contribution in [0.25, 0.3) is 0 Å². The minimum atomic E-state index is 0.0911. The van der Waals surface area contributed by atoms with Crippen LogP contribution in [0.4, 0.5) is 0 Å². The molecule has 0 unspecified atom stereocenters. The normalized spacial score (nSPS) is 9.69. The maximum Gasteiger partial charge on any atom is 0.160 e. The summed E-state index contributed by atoms with van der Waals surface area (Å²) in [6.07, 6.45) is 2.12. The predicted octanol–water partition coefficient (Wildman–Crippen LogP) is 2.45. The molecule has 1 N–H and O–H groups in total. The summed E-state index contributed by atoms with van der Waals surface area (Å²) in [6, 6.07) is 5.48. The summed E-state index contributed by atoms with van der Waals surface area (Å²) < 4.78 is 0. The van der Waals surface area contributed by atoms with Crippen molar-refractivity contribution >= 4 is 12.0 Å². The van der Waals surface area contributed by atoms with Gasteiger partial charge in [-0.2, -0.15) is 0 Å². The molecule has 0 aliphatic rings. The van der Waals surface area contributed by atoms with Gasteiger partial charge in [0.1, 0.15) is 0 Å². The van der Waals surface area contributed by atoms with Gasteiger partial charge in [0, 0.05) is 11.8 Å². The van der Waals surface area contributed by atoms with E-state index in [1.165, 1.54) is 6.21 Å². The van der Waals surface area contributed by atoms with Crippen LogP contribution in [-0.4, -0.2) is 12.0 Å². The summed E-state index contributed by atoms with van der Waals surface area (Å²) in [6.45, 7) is 3.58. The first-order chi connectivity index (χ1) is 6.19. The number of benzene rings is 1. The first kappa shape index (κ1) is 9.65. The molecule has 2 heteroatoms. The highest BCUT2D eigenvalue weighted by molar-refractivity contribution is 5.96. The number of hydrogen-bond acceptors (Lipinski definition) is 2. The van der Waals surface area contributed by atoms with Crippen molar-refractivity contribution in [2.45, 2.75) is 20.3 Å². The molecule has 1 aromatic rings. The van der Waals surface area contributed by atoms with Gasteiger partial charge in [-0.25, -0.2) is 0 Å². The van der Waals surface area contributed by atoms with Gasteiger partial charge in [0.05, 0.1) is 0 Å². The number of nitrogens with one attached hydrogen (secondary N) is 1. The molecule has 0 saturated carbocycles. The van der Waals surface area contributed by atoms with Crippen molar-refractivity contribution in [2.75, 3.05) is 0 Å². The third-order valence-corrected chi connectivity index (χ3v) is 2.06. The Labute approximate surface area is 78.1 Å². The quantitative estimate of drug-likeness (QED) is 0.556. The maximum absolute atomic E-state index is 11.2. The summed E-state index contributed by atoms with van der Waals surface area (Å²) in [4.78, 5) is 11.2. The average Bonchev–Trinajstić information content (AvgIpc) is 2.16. The van der Waals surface area contributed by atoms with Crippen molar-refractivity contribution < 1.29 is 4.79 Å². The summed E-state index contributed by atoms with van der Waals surface area (Å²) in [7, 11) is 0. The van der Waals surface area contributed by atoms with E-state index in [0.717, 1.165) is 23.1 Å². The zero-order chi connectivity index (χ0) is 9.84. The minimum Gasteiger partial charge on any atom is -0.308 e. The van der Waals surface area contributed by atoms with E-state index in [1.807, 2.05) is 13.0 Å². The lowest BCUT2D eigenvalue weighted by Gasteiger charge is -2.04. The summed E-state index contributed by atoms with van der Waals surface area (Å²) in [5.41, 5.74) is 2.64. The molecular formula is C11H13NO. The molecular weight excluding hydrogens is 162 g/mol. The molecule has 0 spiro atoms. The minimum absolute atomic E-state index is 0.0911. The smallest absolute Gasteiger partial charge is 0.160 e. The second-order valence-electron chi connectivity index (χ2n) is 2.97. The molecule has 1 rings (SSSR count). The molecule has 0 heterocycles. The van der Waals surface area contributed by atoms with E-state index >= 15 is 0 Å². The number of hydrogen-bond donors (Lipinski definition) is 1. The molecule has 13 heavy (non-hydrogen) atoms. The number of aryl methyl sites for hydroxylation is 1. The van der Waals surface area contributed by atoms with E-state index in [-0.39, 0.29) is 5.78 Å². The maximum atomic E-state index is 11.2. The van der Waals surface area contributed by atoms with Crippen LogP contribution in [0.5, 0.6) is 0 Å². The third-order valence-electron chi connectivity index (χ3n) is 2.06. The van der Waals surface area contributed by atoms with Crippen molar-refractivity contribution in [3.63, 3.8) is 0 Å². The van der Waals surface area contributed by atoms with E-state index in [2.05, 4.69) is 0 Å². The molecule has 2 nitrogen and oxygen atoms in total. The van der Waals surface area contributed by atoms with Gasteiger partial charge in [-0.15, -0.1) is 0 Å². The number of rotatable bonds is 3. The number of carbonyl (C=O) groups is 1. The van der Waals surface area contributed by atoms with Crippen LogP contribution in [0.1, 0.15) is 35.3 Å².